The summed E-state index contributed by atoms with van der Waals surface area (Å²) < 4.78 is 21.7. The second-order valence-corrected chi connectivity index (χ2v) is 6.57. The second kappa shape index (κ2) is 7.75. The van der Waals surface area contributed by atoms with Crippen molar-refractivity contribution in [2.45, 2.75) is 25.9 Å². The highest BCUT2D eigenvalue weighted by Crippen LogP contribution is 2.22. The average molecular weight is 381 g/mol. The summed E-state index contributed by atoms with van der Waals surface area (Å²) >= 11 is 0. The number of carbonyl (C=O) groups is 1. The zero-order chi connectivity index (χ0) is 19.5. The van der Waals surface area contributed by atoms with E-state index in [1.807, 2.05) is 31.3 Å². The van der Waals surface area contributed by atoms with Gasteiger partial charge in [0.2, 0.25) is 5.82 Å². The number of hydrogen-bond donors (Lipinski definition) is 0. The quantitative estimate of drug-likeness (QED) is 0.679. The van der Waals surface area contributed by atoms with Gasteiger partial charge in [0, 0.05) is 30.9 Å². The van der Waals surface area contributed by atoms with E-state index in [1.165, 1.54) is 6.33 Å². The number of amides is 1. The Kier molecular flexibility index (Phi) is 5.01. The van der Waals surface area contributed by atoms with Gasteiger partial charge in [-0.05, 0) is 30.7 Å². The van der Waals surface area contributed by atoms with Gasteiger partial charge in [0.05, 0.1) is 17.9 Å². The molecule has 2 aromatic heterocycles. The molecule has 0 N–H and O–H groups in total. The van der Waals surface area contributed by atoms with Gasteiger partial charge in [-0.2, -0.15) is 14.5 Å². The van der Waals surface area contributed by atoms with Crippen molar-refractivity contribution >= 4 is 5.91 Å². The number of carbonyl (C=O) groups excluding carboxylic acids is 1. The van der Waals surface area contributed by atoms with Crippen LogP contribution >= 0.6 is 0 Å². The maximum atomic E-state index is 14.3. The Bertz CT molecular complexity index is 976. The number of aryl methyl sites for hydroxylation is 1. The van der Waals surface area contributed by atoms with Gasteiger partial charge >= 0.3 is 0 Å². The predicted octanol–water partition coefficient (Wildman–Crippen LogP) is 2.66. The van der Waals surface area contributed by atoms with Crippen LogP contribution in [-0.2, 0) is 6.42 Å². The molecule has 28 heavy (non-hydrogen) atoms. The van der Waals surface area contributed by atoms with Gasteiger partial charge in [0.25, 0.3) is 11.8 Å². The molecule has 0 saturated carbocycles. The molecule has 0 unspecified atom stereocenters. The molecule has 0 bridgehead atoms. The Morgan fingerprint density at radius 2 is 2.21 bits per heavy atom. The minimum absolute atomic E-state index is 0.0492. The first kappa shape index (κ1) is 18.1. The molecule has 1 aliphatic rings. The zero-order valence-corrected chi connectivity index (χ0v) is 15.5. The monoisotopic (exact) mass is 381 g/mol. The van der Waals surface area contributed by atoms with Crippen molar-refractivity contribution in [2.75, 3.05) is 13.1 Å². The maximum absolute atomic E-state index is 14.3. The summed E-state index contributed by atoms with van der Waals surface area (Å²) in [5.41, 5.74) is 1.72. The number of halogens is 1. The lowest BCUT2D eigenvalue weighted by atomic mass is 10.2. The van der Waals surface area contributed by atoms with Gasteiger partial charge in [0.15, 0.2) is 0 Å². The van der Waals surface area contributed by atoms with E-state index in [0.29, 0.717) is 37.2 Å². The third kappa shape index (κ3) is 3.58. The lowest BCUT2D eigenvalue weighted by Crippen LogP contribution is -2.31. The van der Waals surface area contributed by atoms with Gasteiger partial charge in [-0.15, -0.1) is 0 Å². The van der Waals surface area contributed by atoms with Crippen LogP contribution in [0.4, 0.5) is 4.39 Å². The molecule has 1 saturated heterocycles. The van der Waals surface area contributed by atoms with E-state index >= 15 is 0 Å². The van der Waals surface area contributed by atoms with Gasteiger partial charge in [-0.25, -0.2) is 9.67 Å². The summed E-state index contributed by atoms with van der Waals surface area (Å²) in [6.45, 7) is 2.75. The van der Waals surface area contributed by atoms with Crippen LogP contribution in [0.5, 0.6) is 5.88 Å². The molecule has 3 aromatic rings. The molecule has 3 heterocycles. The Hall–Kier alpha value is -3.29. The highest BCUT2D eigenvalue weighted by Gasteiger charge is 2.29. The lowest BCUT2D eigenvalue weighted by molar-refractivity contribution is 0.0770. The van der Waals surface area contributed by atoms with Crippen molar-refractivity contribution in [1.29, 1.82) is 0 Å². The molecule has 1 aliphatic heterocycles. The fraction of sp³-hybridized carbons (Fsp3) is 0.300. The molecule has 4 rings (SSSR count). The van der Waals surface area contributed by atoms with E-state index in [-0.39, 0.29) is 17.9 Å². The molecule has 1 fully saturated rings. The molecule has 1 aromatic carbocycles. The Morgan fingerprint density at radius 3 is 3.00 bits per heavy atom. The smallest absolute Gasteiger partial charge is 0.254 e. The number of likely N-dealkylation sites (tertiary alicyclic amines) is 1. The number of aromatic nitrogens is 4. The largest absolute Gasteiger partial charge is 0.470 e. The molecular weight excluding hydrogens is 361 g/mol. The number of nitrogens with zero attached hydrogens (tertiary/aromatic N) is 5. The molecule has 144 valence electrons. The van der Waals surface area contributed by atoms with Crippen LogP contribution in [0.1, 0.15) is 29.4 Å². The highest BCUT2D eigenvalue weighted by atomic mass is 19.1. The van der Waals surface area contributed by atoms with E-state index in [9.17, 15) is 9.18 Å². The molecule has 7 nitrogen and oxygen atoms in total. The third-order valence-electron chi connectivity index (χ3n) is 4.74. The minimum Gasteiger partial charge on any atom is -0.470 e. The third-order valence-corrected chi connectivity index (χ3v) is 4.74. The summed E-state index contributed by atoms with van der Waals surface area (Å²) in [7, 11) is 0. The van der Waals surface area contributed by atoms with Gasteiger partial charge in [-0.3, -0.25) is 4.79 Å². The Morgan fingerprint density at radius 1 is 1.32 bits per heavy atom. The van der Waals surface area contributed by atoms with Crippen molar-refractivity contribution in [3.05, 3.63) is 66.1 Å². The van der Waals surface area contributed by atoms with Gasteiger partial charge in [-0.1, -0.05) is 13.0 Å². The Balaban J connectivity index is 1.44. The van der Waals surface area contributed by atoms with Crippen molar-refractivity contribution in [3.8, 4) is 11.6 Å². The Labute approximate surface area is 161 Å². The minimum atomic E-state index is -0.526. The van der Waals surface area contributed by atoms with Crippen LogP contribution < -0.4 is 4.74 Å². The van der Waals surface area contributed by atoms with E-state index in [4.69, 9.17) is 4.74 Å². The van der Waals surface area contributed by atoms with Crippen molar-refractivity contribution < 1.29 is 13.9 Å². The highest BCUT2D eigenvalue weighted by molar-refractivity contribution is 5.95. The normalized spacial score (nSPS) is 16.4. The van der Waals surface area contributed by atoms with Crippen LogP contribution in [0.3, 0.4) is 0 Å². The predicted molar refractivity (Wildman–Crippen MR) is 99.9 cm³/mol. The fourth-order valence-electron chi connectivity index (χ4n) is 3.27. The molecule has 8 heteroatoms. The summed E-state index contributed by atoms with van der Waals surface area (Å²) in [5.74, 6) is -0.661. The molecular formula is C20H20FN5O2. The number of hydrogen-bond acceptors (Lipinski definition) is 5. The second-order valence-electron chi connectivity index (χ2n) is 6.57. The number of benzene rings is 1. The molecule has 0 radical (unpaired) electrons. The van der Waals surface area contributed by atoms with Crippen molar-refractivity contribution in [1.82, 2.24) is 24.6 Å². The first-order valence-corrected chi connectivity index (χ1v) is 9.21. The number of rotatable bonds is 5. The average Bonchev–Trinajstić information content (AvgIpc) is 3.41. The van der Waals surface area contributed by atoms with E-state index < -0.39 is 5.82 Å². The van der Waals surface area contributed by atoms with Crippen molar-refractivity contribution in [3.63, 3.8) is 0 Å². The number of ether oxygens (including phenoxy) is 1. The summed E-state index contributed by atoms with van der Waals surface area (Å²) in [5, 5.41) is 4.19. The molecule has 1 atom stereocenters. The van der Waals surface area contributed by atoms with Gasteiger partial charge < -0.3 is 9.64 Å². The van der Waals surface area contributed by atoms with E-state index in [2.05, 4.69) is 15.1 Å². The fourth-order valence-corrected chi connectivity index (χ4v) is 3.27. The van der Waals surface area contributed by atoms with Crippen LogP contribution in [0.25, 0.3) is 5.69 Å². The molecule has 1 amide bonds. The van der Waals surface area contributed by atoms with Crippen LogP contribution in [0.15, 0.2) is 49.1 Å². The first-order chi connectivity index (χ1) is 13.7. The summed E-state index contributed by atoms with van der Waals surface area (Å²) in [4.78, 5) is 22.4. The topological polar surface area (TPSA) is 73.1 Å². The lowest BCUT2D eigenvalue weighted by Gasteiger charge is -2.18. The molecule has 0 aliphatic carbocycles. The van der Waals surface area contributed by atoms with E-state index in [1.54, 1.807) is 27.9 Å². The van der Waals surface area contributed by atoms with Crippen LogP contribution in [0.2, 0.25) is 0 Å². The standard InChI is InChI=1S/C20H20FN5O2/c1-2-17-18(21)19(23-13-22-17)28-16-7-10-25(12-16)20(27)14-5-3-6-15(11-14)26-9-4-8-24-26/h3-6,8-9,11,13,16H,2,7,10,12H2,1H3/t16-/m0/s1. The van der Waals surface area contributed by atoms with E-state index in [0.717, 1.165) is 5.69 Å². The first-order valence-electron chi connectivity index (χ1n) is 9.21. The summed E-state index contributed by atoms with van der Waals surface area (Å²) in [6, 6.07) is 9.13. The van der Waals surface area contributed by atoms with Gasteiger partial charge in [0.1, 0.15) is 12.4 Å². The van der Waals surface area contributed by atoms with Crippen LogP contribution in [-0.4, -0.2) is 49.7 Å². The zero-order valence-electron chi connectivity index (χ0n) is 15.5. The summed E-state index contributed by atoms with van der Waals surface area (Å²) in [6.07, 6.45) is 5.60. The van der Waals surface area contributed by atoms with Crippen LogP contribution in [0, 0.1) is 5.82 Å². The SMILES string of the molecule is CCc1ncnc(O[C@H]2CCN(C(=O)c3cccc(-n4cccn4)c3)C2)c1F. The molecule has 0 spiro atoms. The van der Waals surface area contributed by atoms with Crippen molar-refractivity contribution in [2.24, 2.45) is 0 Å². The maximum Gasteiger partial charge on any atom is 0.254 e.